The van der Waals surface area contributed by atoms with Gasteiger partial charge in [-0.2, -0.15) is 0 Å². The maximum Gasteiger partial charge on any atom is 0.327 e. The number of urea groups is 1. The Hall–Kier alpha value is -2.64. The summed E-state index contributed by atoms with van der Waals surface area (Å²) in [5, 5.41) is 4.96. The van der Waals surface area contributed by atoms with Crippen molar-refractivity contribution >= 4 is 41.0 Å². The Morgan fingerprint density at radius 1 is 1.19 bits per heavy atom. The Balaban J connectivity index is 0.00000243. The highest BCUT2D eigenvalue weighted by Crippen LogP contribution is 2.20. The second-order valence-corrected chi connectivity index (χ2v) is 6.08. The molecule has 3 rings (SSSR count). The van der Waals surface area contributed by atoms with E-state index in [1.165, 1.54) is 11.9 Å². The van der Waals surface area contributed by atoms with Crippen molar-refractivity contribution in [3.63, 3.8) is 0 Å². The van der Waals surface area contributed by atoms with Crippen molar-refractivity contribution in [2.75, 3.05) is 26.7 Å². The molecule has 0 spiro atoms. The van der Waals surface area contributed by atoms with Gasteiger partial charge in [-0.25, -0.2) is 4.79 Å². The number of nitrogens with two attached hydrogens (primary N) is 1. The van der Waals surface area contributed by atoms with Gasteiger partial charge in [0.2, 0.25) is 5.91 Å². The third-order valence-corrected chi connectivity index (χ3v) is 4.28. The molecule has 1 unspecified atom stereocenters. The third-order valence-electron chi connectivity index (χ3n) is 4.28. The molecule has 1 saturated heterocycles. The first kappa shape index (κ1) is 19.7. The molecule has 1 fully saturated rings. The molecule has 1 heterocycles. The van der Waals surface area contributed by atoms with E-state index in [9.17, 15) is 14.4 Å². The Bertz CT molecular complexity index is 842. The SMILES string of the molecule is CN1CC(=O)N(CC(=O)NC(CN)c2ccc3ccccc3c2)C1=O.Cl. The molecule has 0 aliphatic carbocycles. The van der Waals surface area contributed by atoms with Crippen LogP contribution in [0.25, 0.3) is 10.8 Å². The van der Waals surface area contributed by atoms with Gasteiger partial charge >= 0.3 is 6.03 Å². The average molecular weight is 377 g/mol. The predicted molar refractivity (Wildman–Crippen MR) is 101 cm³/mol. The molecule has 138 valence electrons. The third kappa shape index (κ3) is 3.95. The minimum Gasteiger partial charge on any atom is -0.346 e. The van der Waals surface area contributed by atoms with E-state index >= 15 is 0 Å². The van der Waals surface area contributed by atoms with Crippen molar-refractivity contribution in [3.05, 3.63) is 48.0 Å². The fourth-order valence-electron chi connectivity index (χ4n) is 2.91. The van der Waals surface area contributed by atoms with Crippen LogP contribution < -0.4 is 11.1 Å². The molecule has 0 bridgehead atoms. The number of benzene rings is 2. The minimum atomic E-state index is -0.463. The number of nitrogens with zero attached hydrogens (tertiary/aromatic N) is 2. The Morgan fingerprint density at radius 3 is 2.50 bits per heavy atom. The number of imide groups is 1. The number of carbonyl (C=O) groups excluding carboxylic acids is 3. The number of nitrogens with one attached hydrogen (secondary N) is 1. The molecule has 7 nitrogen and oxygen atoms in total. The lowest BCUT2D eigenvalue weighted by Gasteiger charge is -2.20. The van der Waals surface area contributed by atoms with Gasteiger partial charge in [0.05, 0.1) is 6.04 Å². The Labute approximate surface area is 157 Å². The number of likely N-dealkylation sites (N-methyl/N-ethyl adjacent to an activating group) is 1. The lowest BCUT2D eigenvalue weighted by atomic mass is 10.0. The summed E-state index contributed by atoms with van der Waals surface area (Å²) < 4.78 is 0. The van der Waals surface area contributed by atoms with Crippen LogP contribution in [0.4, 0.5) is 4.79 Å². The number of hydrogen-bond donors (Lipinski definition) is 2. The summed E-state index contributed by atoms with van der Waals surface area (Å²) in [7, 11) is 1.52. The van der Waals surface area contributed by atoms with E-state index in [1.807, 2.05) is 42.5 Å². The first-order valence-electron chi connectivity index (χ1n) is 8.03. The van der Waals surface area contributed by atoms with Crippen LogP contribution in [0.2, 0.25) is 0 Å². The van der Waals surface area contributed by atoms with Crippen LogP contribution in [0.1, 0.15) is 11.6 Å². The molecule has 2 aromatic rings. The predicted octanol–water partition coefficient (Wildman–Crippen LogP) is 1.27. The standard InChI is InChI=1S/C18H20N4O3.ClH/c1-21-11-17(24)22(18(21)25)10-16(23)20-15(9-19)14-7-6-12-4-2-3-5-13(12)8-14;/h2-8,15H,9-11,19H2,1H3,(H,20,23);1H. The molecule has 8 heteroatoms. The largest absolute Gasteiger partial charge is 0.346 e. The van der Waals surface area contributed by atoms with Crippen LogP contribution in [-0.4, -0.2) is 54.3 Å². The molecule has 3 N–H and O–H groups in total. The molecule has 2 aromatic carbocycles. The highest BCUT2D eigenvalue weighted by molar-refractivity contribution is 6.04. The fraction of sp³-hybridized carbons (Fsp3) is 0.278. The summed E-state index contributed by atoms with van der Waals surface area (Å²) in [6.45, 7) is -0.0882. The average Bonchev–Trinajstić information content (AvgIpc) is 2.85. The van der Waals surface area contributed by atoms with Crippen molar-refractivity contribution in [1.82, 2.24) is 15.1 Å². The summed E-state index contributed by atoms with van der Waals surface area (Å²) >= 11 is 0. The van der Waals surface area contributed by atoms with Crippen molar-refractivity contribution < 1.29 is 14.4 Å². The second-order valence-electron chi connectivity index (χ2n) is 6.08. The van der Waals surface area contributed by atoms with Crippen LogP contribution in [0.15, 0.2) is 42.5 Å². The monoisotopic (exact) mass is 376 g/mol. The maximum atomic E-state index is 12.3. The van der Waals surface area contributed by atoms with Gasteiger partial charge in [-0.3, -0.25) is 14.5 Å². The number of carbonyl (C=O) groups is 3. The zero-order chi connectivity index (χ0) is 18.0. The summed E-state index contributed by atoms with van der Waals surface area (Å²) in [5.41, 5.74) is 6.69. The molecule has 0 saturated carbocycles. The molecule has 4 amide bonds. The number of rotatable bonds is 5. The topological polar surface area (TPSA) is 95.7 Å². The summed E-state index contributed by atoms with van der Waals surface area (Å²) in [6, 6.07) is 12.9. The van der Waals surface area contributed by atoms with Crippen LogP contribution in [0, 0.1) is 0 Å². The zero-order valence-corrected chi connectivity index (χ0v) is 15.2. The first-order valence-corrected chi connectivity index (χ1v) is 8.03. The molecule has 1 aliphatic heterocycles. The molecule has 26 heavy (non-hydrogen) atoms. The van der Waals surface area contributed by atoms with Crippen molar-refractivity contribution in [2.24, 2.45) is 5.73 Å². The van der Waals surface area contributed by atoms with E-state index in [-0.39, 0.29) is 44.0 Å². The summed E-state index contributed by atoms with van der Waals surface area (Å²) in [6.07, 6.45) is 0. The molecule has 0 radical (unpaired) electrons. The minimum absolute atomic E-state index is 0. The highest BCUT2D eigenvalue weighted by atomic mass is 35.5. The second kappa shape index (κ2) is 8.16. The van der Waals surface area contributed by atoms with Gasteiger partial charge in [0.1, 0.15) is 13.1 Å². The van der Waals surface area contributed by atoms with Gasteiger partial charge in [-0.15, -0.1) is 12.4 Å². The Kier molecular flexibility index (Phi) is 6.18. The fourth-order valence-corrected chi connectivity index (χ4v) is 2.91. The van der Waals surface area contributed by atoms with Crippen molar-refractivity contribution in [1.29, 1.82) is 0 Å². The van der Waals surface area contributed by atoms with E-state index in [1.54, 1.807) is 0 Å². The number of amides is 4. The van der Waals surface area contributed by atoms with Crippen LogP contribution >= 0.6 is 12.4 Å². The molecule has 1 aliphatic rings. The number of hydrogen-bond acceptors (Lipinski definition) is 4. The van der Waals surface area contributed by atoms with E-state index in [2.05, 4.69) is 5.32 Å². The number of fused-ring (bicyclic) bond motifs is 1. The number of halogens is 1. The van der Waals surface area contributed by atoms with Gasteiger partial charge < -0.3 is 16.0 Å². The molecular weight excluding hydrogens is 356 g/mol. The van der Waals surface area contributed by atoms with E-state index in [0.29, 0.717) is 0 Å². The van der Waals surface area contributed by atoms with Gasteiger partial charge in [0.25, 0.3) is 5.91 Å². The van der Waals surface area contributed by atoms with E-state index in [0.717, 1.165) is 21.2 Å². The highest BCUT2D eigenvalue weighted by Gasteiger charge is 2.35. The molecule has 1 atom stereocenters. The van der Waals surface area contributed by atoms with Crippen LogP contribution in [0.5, 0.6) is 0 Å². The van der Waals surface area contributed by atoms with E-state index in [4.69, 9.17) is 5.73 Å². The smallest absolute Gasteiger partial charge is 0.327 e. The van der Waals surface area contributed by atoms with Gasteiger partial charge in [0.15, 0.2) is 0 Å². The molecular formula is C18H21ClN4O3. The molecule has 0 aromatic heterocycles. The lowest BCUT2D eigenvalue weighted by Crippen LogP contribution is -2.43. The van der Waals surface area contributed by atoms with Crippen LogP contribution in [-0.2, 0) is 9.59 Å². The van der Waals surface area contributed by atoms with E-state index < -0.39 is 11.9 Å². The summed E-state index contributed by atoms with van der Waals surface area (Å²) in [5.74, 6) is -0.793. The first-order chi connectivity index (χ1) is 12.0. The van der Waals surface area contributed by atoms with Crippen molar-refractivity contribution in [2.45, 2.75) is 6.04 Å². The van der Waals surface area contributed by atoms with Gasteiger partial charge in [-0.1, -0.05) is 36.4 Å². The quantitative estimate of drug-likeness (QED) is 0.768. The van der Waals surface area contributed by atoms with Gasteiger partial charge in [0, 0.05) is 13.6 Å². The van der Waals surface area contributed by atoms with Crippen molar-refractivity contribution in [3.8, 4) is 0 Å². The lowest BCUT2D eigenvalue weighted by molar-refractivity contribution is -0.131. The normalized spacial score (nSPS) is 15.2. The summed E-state index contributed by atoms with van der Waals surface area (Å²) in [4.78, 5) is 38.1. The van der Waals surface area contributed by atoms with Crippen LogP contribution in [0.3, 0.4) is 0 Å². The maximum absolute atomic E-state index is 12.3. The zero-order valence-electron chi connectivity index (χ0n) is 14.3. The Morgan fingerprint density at radius 2 is 1.88 bits per heavy atom. The van der Waals surface area contributed by atoms with Gasteiger partial charge in [-0.05, 0) is 22.4 Å².